The third-order valence-corrected chi connectivity index (χ3v) is 5.65. The first kappa shape index (κ1) is 17.8. The van der Waals surface area contributed by atoms with Gasteiger partial charge >= 0.3 is 0 Å². The van der Waals surface area contributed by atoms with Crippen LogP contribution in [0.15, 0.2) is 51.2 Å². The average Bonchev–Trinajstić information content (AvgIpc) is 3.34. The van der Waals surface area contributed by atoms with Gasteiger partial charge in [-0.15, -0.1) is 11.3 Å². The predicted octanol–water partition coefficient (Wildman–Crippen LogP) is 3.24. The lowest BCUT2D eigenvalue weighted by molar-refractivity contribution is 0.0717. The van der Waals surface area contributed by atoms with Crippen LogP contribution < -0.4 is 5.56 Å². The van der Waals surface area contributed by atoms with E-state index in [1.807, 2.05) is 17.5 Å². The van der Waals surface area contributed by atoms with Crippen molar-refractivity contribution in [2.45, 2.75) is 38.5 Å². The van der Waals surface area contributed by atoms with Gasteiger partial charge in [0.25, 0.3) is 11.5 Å². The summed E-state index contributed by atoms with van der Waals surface area (Å²) in [5.74, 6) is 0.274. The normalized spacial score (nSPS) is 16.1. The Hall–Kier alpha value is -2.64. The SMILES string of the molecule is O=C(c1cc2c([nH]c1=O)CCCC2O)N(Cc1ccco1)Cc1cccs1. The Morgan fingerprint density at radius 1 is 1.33 bits per heavy atom. The Morgan fingerprint density at radius 2 is 2.22 bits per heavy atom. The summed E-state index contributed by atoms with van der Waals surface area (Å²) in [5.41, 5.74) is 1.02. The Morgan fingerprint density at radius 3 is 2.96 bits per heavy atom. The van der Waals surface area contributed by atoms with E-state index < -0.39 is 11.7 Å². The molecule has 0 aliphatic heterocycles. The summed E-state index contributed by atoms with van der Waals surface area (Å²) in [4.78, 5) is 31.1. The number of hydrogen-bond acceptors (Lipinski definition) is 5. The standard InChI is InChI=1S/C20H20N2O4S/c23-18-7-1-6-17-15(18)10-16(19(24)21-17)20(25)22(11-13-4-2-8-26-13)12-14-5-3-9-27-14/h2-5,8-10,18,23H,1,6-7,11-12H2,(H,21,24). The van der Waals surface area contributed by atoms with Crippen molar-refractivity contribution in [3.63, 3.8) is 0 Å². The first-order chi connectivity index (χ1) is 13.1. The highest BCUT2D eigenvalue weighted by atomic mass is 32.1. The second-order valence-electron chi connectivity index (χ2n) is 6.67. The third-order valence-electron chi connectivity index (χ3n) is 4.79. The van der Waals surface area contributed by atoms with Crippen LogP contribution in [0, 0.1) is 0 Å². The highest BCUT2D eigenvalue weighted by Crippen LogP contribution is 2.28. The van der Waals surface area contributed by atoms with Gasteiger partial charge in [-0.2, -0.15) is 0 Å². The number of carbonyl (C=O) groups excluding carboxylic acids is 1. The van der Waals surface area contributed by atoms with Crippen molar-refractivity contribution in [3.8, 4) is 0 Å². The number of hydrogen-bond donors (Lipinski definition) is 2. The van der Waals surface area contributed by atoms with Crippen LogP contribution in [0.25, 0.3) is 0 Å². The number of pyridine rings is 1. The fourth-order valence-electron chi connectivity index (χ4n) is 3.43. The van der Waals surface area contributed by atoms with E-state index in [2.05, 4.69) is 4.98 Å². The molecule has 6 nitrogen and oxygen atoms in total. The highest BCUT2D eigenvalue weighted by Gasteiger charge is 2.26. The minimum atomic E-state index is -0.645. The molecule has 2 N–H and O–H groups in total. The van der Waals surface area contributed by atoms with Crippen molar-refractivity contribution in [2.75, 3.05) is 0 Å². The Balaban J connectivity index is 1.68. The molecule has 1 amide bonds. The van der Waals surface area contributed by atoms with E-state index in [1.165, 1.54) is 0 Å². The summed E-state index contributed by atoms with van der Waals surface area (Å²) in [7, 11) is 0. The number of furan rings is 1. The Labute approximate surface area is 160 Å². The summed E-state index contributed by atoms with van der Waals surface area (Å²) >= 11 is 1.55. The van der Waals surface area contributed by atoms with Crippen molar-refractivity contribution in [1.82, 2.24) is 9.88 Å². The molecule has 0 aromatic carbocycles. The number of thiophene rings is 1. The topological polar surface area (TPSA) is 86.5 Å². The molecule has 3 aromatic rings. The summed E-state index contributed by atoms with van der Waals surface area (Å²) in [6, 6.07) is 9.01. The number of aromatic nitrogens is 1. The molecule has 0 spiro atoms. The van der Waals surface area contributed by atoms with Gasteiger partial charge in [-0.05, 0) is 48.9 Å². The molecule has 0 saturated carbocycles. The molecule has 4 rings (SSSR count). The fourth-order valence-corrected chi connectivity index (χ4v) is 4.15. The zero-order valence-corrected chi connectivity index (χ0v) is 15.5. The Bertz CT molecular complexity index is 940. The number of H-pyrrole nitrogens is 1. The Kier molecular flexibility index (Phi) is 4.96. The molecule has 0 bridgehead atoms. The summed E-state index contributed by atoms with van der Waals surface area (Å²) in [6.07, 6.45) is 3.08. The average molecular weight is 384 g/mol. The number of fused-ring (bicyclic) bond motifs is 1. The lowest BCUT2D eigenvalue weighted by Gasteiger charge is -2.24. The number of amides is 1. The van der Waals surface area contributed by atoms with Crippen LogP contribution in [0.1, 0.15) is 51.2 Å². The van der Waals surface area contributed by atoms with E-state index in [4.69, 9.17) is 4.42 Å². The molecule has 27 heavy (non-hydrogen) atoms. The molecule has 1 aliphatic carbocycles. The third kappa shape index (κ3) is 3.74. The molecule has 3 heterocycles. The number of rotatable bonds is 5. The number of aryl methyl sites for hydroxylation is 1. The molecule has 1 atom stereocenters. The zero-order chi connectivity index (χ0) is 18.8. The predicted molar refractivity (Wildman–Crippen MR) is 102 cm³/mol. The first-order valence-electron chi connectivity index (χ1n) is 8.90. The van der Waals surface area contributed by atoms with Crippen LogP contribution in [-0.2, 0) is 19.5 Å². The van der Waals surface area contributed by atoms with Crippen molar-refractivity contribution < 1.29 is 14.3 Å². The zero-order valence-electron chi connectivity index (χ0n) is 14.7. The van der Waals surface area contributed by atoms with Gasteiger partial charge in [-0.25, -0.2) is 0 Å². The van der Waals surface area contributed by atoms with E-state index in [9.17, 15) is 14.7 Å². The second kappa shape index (κ2) is 7.54. The summed E-state index contributed by atoms with van der Waals surface area (Å²) < 4.78 is 5.39. The van der Waals surface area contributed by atoms with Crippen LogP contribution in [0.5, 0.6) is 0 Å². The molecule has 7 heteroatoms. The lowest BCUT2D eigenvalue weighted by atomic mass is 9.92. The molecule has 140 valence electrons. The van der Waals surface area contributed by atoms with E-state index >= 15 is 0 Å². The quantitative estimate of drug-likeness (QED) is 0.707. The van der Waals surface area contributed by atoms with Gasteiger partial charge in [0.05, 0.1) is 25.5 Å². The summed E-state index contributed by atoms with van der Waals surface area (Å²) in [6.45, 7) is 0.652. The van der Waals surface area contributed by atoms with Gasteiger partial charge in [-0.1, -0.05) is 6.07 Å². The van der Waals surface area contributed by atoms with Crippen LogP contribution in [-0.4, -0.2) is 20.9 Å². The van der Waals surface area contributed by atoms with E-state index in [-0.39, 0.29) is 18.0 Å². The van der Waals surface area contributed by atoms with Crippen LogP contribution >= 0.6 is 11.3 Å². The molecule has 0 radical (unpaired) electrons. The van der Waals surface area contributed by atoms with Gasteiger partial charge in [0, 0.05) is 16.1 Å². The molecule has 1 unspecified atom stereocenters. The van der Waals surface area contributed by atoms with Gasteiger partial charge in [-0.3, -0.25) is 9.59 Å². The van der Waals surface area contributed by atoms with Gasteiger partial charge in [0.15, 0.2) is 0 Å². The minimum Gasteiger partial charge on any atom is -0.467 e. The number of carbonyl (C=O) groups is 1. The maximum absolute atomic E-state index is 13.2. The number of aliphatic hydroxyl groups is 1. The van der Waals surface area contributed by atoms with Crippen LogP contribution in [0.3, 0.4) is 0 Å². The van der Waals surface area contributed by atoms with Crippen LogP contribution in [0.4, 0.5) is 0 Å². The molecule has 0 saturated heterocycles. The number of nitrogens with zero attached hydrogens (tertiary/aromatic N) is 1. The summed E-state index contributed by atoms with van der Waals surface area (Å²) in [5, 5.41) is 12.2. The largest absolute Gasteiger partial charge is 0.467 e. The minimum absolute atomic E-state index is 0.0535. The lowest BCUT2D eigenvalue weighted by Crippen LogP contribution is -2.35. The molecule has 3 aromatic heterocycles. The van der Waals surface area contributed by atoms with Crippen molar-refractivity contribution in [3.05, 3.63) is 79.8 Å². The number of aromatic amines is 1. The van der Waals surface area contributed by atoms with Gasteiger partial charge in [0.1, 0.15) is 11.3 Å². The van der Waals surface area contributed by atoms with Crippen LogP contribution in [0.2, 0.25) is 0 Å². The molecular weight excluding hydrogens is 364 g/mol. The van der Waals surface area contributed by atoms with Gasteiger partial charge < -0.3 is 19.4 Å². The first-order valence-corrected chi connectivity index (χ1v) is 9.78. The smallest absolute Gasteiger partial charge is 0.261 e. The van der Waals surface area contributed by atoms with E-state index in [1.54, 1.807) is 40.7 Å². The van der Waals surface area contributed by atoms with E-state index in [0.717, 1.165) is 17.0 Å². The number of nitrogens with one attached hydrogen (secondary N) is 1. The fraction of sp³-hybridized carbons (Fsp3) is 0.300. The maximum Gasteiger partial charge on any atom is 0.261 e. The van der Waals surface area contributed by atoms with Gasteiger partial charge in [0.2, 0.25) is 0 Å². The van der Waals surface area contributed by atoms with Crippen molar-refractivity contribution >= 4 is 17.2 Å². The molecular formula is C20H20N2O4S. The monoisotopic (exact) mass is 384 g/mol. The van der Waals surface area contributed by atoms with Crippen molar-refractivity contribution in [2.24, 2.45) is 0 Å². The van der Waals surface area contributed by atoms with Crippen molar-refractivity contribution in [1.29, 1.82) is 0 Å². The molecule has 1 aliphatic rings. The second-order valence-corrected chi connectivity index (χ2v) is 7.71. The number of aliphatic hydroxyl groups excluding tert-OH is 1. The molecule has 0 fully saturated rings. The highest BCUT2D eigenvalue weighted by molar-refractivity contribution is 7.09. The van der Waals surface area contributed by atoms with E-state index in [0.29, 0.717) is 30.7 Å². The maximum atomic E-state index is 13.2.